The fourth-order valence-corrected chi connectivity index (χ4v) is 2.86. The summed E-state index contributed by atoms with van der Waals surface area (Å²) in [6.07, 6.45) is 11.8. The van der Waals surface area contributed by atoms with Crippen molar-refractivity contribution in [1.29, 1.82) is 0 Å². The van der Waals surface area contributed by atoms with Gasteiger partial charge in [-0.3, -0.25) is 0 Å². The first-order valence-electron chi connectivity index (χ1n) is 8.53. The Morgan fingerprint density at radius 3 is 2.83 bits per heavy atom. The maximum absolute atomic E-state index is 4.41. The molecule has 0 atom stereocenters. The molecule has 0 bridgehead atoms. The molecule has 1 aromatic carbocycles. The summed E-state index contributed by atoms with van der Waals surface area (Å²) in [6, 6.07) is 4.25. The third-order valence-electron chi connectivity index (χ3n) is 4.10. The molecule has 0 saturated heterocycles. The number of nitrogens with zero attached hydrogens (tertiary/aromatic N) is 3. The summed E-state index contributed by atoms with van der Waals surface area (Å²) in [5, 5.41) is 12.3. The lowest BCUT2D eigenvalue weighted by Crippen LogP contribution is -2.16. The molecule has 24 heavy (non-hydrogen) atoms. The number of aromatic nitrogens is 3. The van der Waals surface area contributed by atoms with Crippen molar-refractivity contribution in [3.8, 4) is 0 Å². The van der Waals surface area contributed by atoms with Crippen LogP contribution in [-0.4, -0.2) is 21.5 Å². The third kappa shape index (κ3) is 3.75. The van der Waals surface area contributed by atoms with Gasteiger partial charge >= 0.3 is 0 Å². The smallest absolute Gasteiger partial charge is 0.118 e. The molecule has 1 aliphatic carbocycles. The first kappa shape index (κ1) is 16.5. The van der Waals surface area contributed by atoms with Crippen molar-refractivity contribution in [2.75, 3.05) is 11.9 Å². The van der Waals surface area contributed by atoms with Crippen LogP contribution in [0.15, 0.2) is 48.1 Å². The second-order valence-corrected chi connectivity index (χ2v) is 7.57. The van der Waals surface area contributed by atoms with Gasteiger partial charge in [0.2, 0.25) is 0 Å². The zero-order valence-electron chi connectivity index (χ0n) is 15.0. The lowest BCUT2D eigenvalue weighted by atomic mass is 9.97. The molecule has 0 unspecified atom stereocenters. The van der Waals surface area contributed by atoms with Crippen LogP contribution in [0.5, 0.6) is 0 Å². The van der Waals surface area contributed by atoms with Gasteiger partial charge in [-0.05, 0) is 36.5 Å². The molecule has 1 aromatic heterocycles. The highest BCUT2D eigenvalue weighted by Crippen LogP contribution is 2.26. The number of fused-ring (bicyclic) bond motifs is 1. The van der Waals surface area contributed by atoms with Crippen LogP contribution in [-0.2, 0) is 6.54 Å². The number of allylic oxidation sites excluding steroid dienone is 4. The molecule has 2 aromatic rings. The maximum atomic E-state index is 4.41. The molecule has 1 aliphatic rings. The Kier molecular flexibility index (Phi) is 4.56. The Morgan fingerprint density at radius 1 is 1.21 bits per heavy atom. The number of hydrogen-bond acceptors (Lipinski definition) is 3. The Bertz CT molecular complexity index is 816. The Hall–Kier alpha value is -2.36. The second kappa shape index (κ2) is 6.63. The highest BCUT2D eigenvalue weighted by atomic mass is 15.4. The molecular formula is C20H26N4. The highest BCUT2D eigenvalue weighted by molar-refractivity contribution is 5.83. The predicted octanol–water partition coefficient (Wildman–Crippen LogP) is 4.64. The van der Waals surface area contributed by atoms with Gasteiger partial charge in [0.1, 0.15) is 5.52 Å². The highest BCUT2D eigenvalue weighted by Gasteiger charge is 2.16. The molecule has 0 fully saturated rings. The van der Waals surface area contributed by atoms with Crippen molar-refractivity contribution in [2.24, 2.45) is 5.41 Å². The van der Waals surface area contributed by atoms with E-state index in [0.717, 1.165) is 41.8 Å². The predicted molar refractivity (Wildman–Crippen MR) is 101 cm³/mol. The minimum Gasteiger partial charge on any atom is -0.381 e. The van der Waals surface area contributed by atoms with Crippen LogP contribution in [0.25, 0.3) is 11.0 Å². The summed E-state index contributed by atoms with van der Waals surface area (Å²) in [4.78, 5) is 0. The van der Waals surface area contributed by atoms with E-state index in [1.54, 1.807) is 0 Å². The Labute approximate surface area is 143 Å². The van der Waals surface area contributed by atoms with Gasteiger partial charge in [0, 0.05) is 24.3 Å². The van der Waals surface area contributed by atoms with Gasteiger partial charge in [0.15, 0.2) is 0 Å². The van der Waals surface area contributed by atoms with E-state index < -0.39 is 0 Å². The van der Waals surface area contributed by atoms with Gasteiger partial charge in [-0.2, -0.15) is 0 Å². The SMILES string of the molecule is Cc1c(NCC2=CC=CCC=C2)ccc2c1nnn2CC(C)(C)C. The van der Waals surface area contributed by atoms with Crippen molar-refractivity contribution in [1.82, 2.24) is 15.0 Å². The normalized spacial score (nSPS) is 14.8. The third-order valence-corrected chi connectivity index (χ3v) is 4.10. The molecule has 1 heterocycles. The standard InChI is InChI=1S/C20H26N4/c1-15-17(21-13-16-9-7-5-6-8-10-16)11-12-18-19(15)22-23-24(18)14-20(2,3)4/h5,7-12,21H,6,13-14H2,1-4H3. The van der Waals surface area contributed by atoms with Crippen LogP contribution in [0.4, 0.5) is 5.69 Å². The van der Waals surface area contributed by atoms with Gasteiger partial charge < -0.3 is 5.32 Å². The summed E-state index contributed by atoms with van der Waals surface area (Å²) >= 11 is 0. The van der Waals surface area contributed by atoms with Gasteiger partial charge in [0.25, 0.3) is 0 Å². The summed E-state index contributed by atoms with van der Waals surface area (Å²) in [6.45, 7) is 10.4. The molecular weight excluding hydrogens is 296 g/mol. The number of aryl methyl sites for hydroxylation is 1. The van der Waals surface area contributed by atoms with Gasteiger partial charge in [-0.15, -0.1) is 5.10 Å². The van der Waals surface area contributed by atoms with Crippen molar-refractivity contribution >= 4 is 16.7 Å². The topological polar surface area (TPSA) is 42.7 Å². The number of nitrogens with one attached hydrogen (secondary N) is 1. The van der Waals surface area contributed by atoms with E-state index in [4.69, 9.17) is 0 Å². The fraction of sp³-hybridized carbons (Fsp3) is 0.400. The minimum atomic E-state index is 0.178. The minimum absolute atomic E-state index is 0.178. The van der Waals surface area contributed by atoms with E-state index in [9.17, 15) is 0 Å². The van der Waals surface area contributed by atoms with Gasteiger partial charge in [-0.25, -0.2) is 4.68 Å². The van der Waals surface area contributed by atoms with Crippen LogP contribution < -0.4 is 5.32 Å². The zero-order valence-corrected chi connectivity index (χ0v) is 15.0. The van der Waals surface area contributed by atoms with Crippen LogP contribution in [0.1, 0.15) is 32.8 Å². The van der Waals surface area contributed by atoms with E-state index in [1.165, 1.54) is 5.57 Å². The number of anilines is 1. The molecule has 126 valence electrons. The summed E-state index contributed by atoms with van der Waals surface area (Å²) in [7, 11) is 0. The van der Waals surface area contributed by atoms with Crippen molar-refractivity contribution in [3.05, 3.63) is 53.6 Å². The summed E-state index contributed by atoms with van der Waals surface area (Å²) in [5.74, 6) is 0. The molecule has 0 radical (unpaired) electrons. The molecule has 0 aliphatic heterocycles. The average molecular weight is 322 g/mol. The van der Waals surface area contributed by atoms with Crippen LogP contribution >= 0.6 is 0 Å². The Balaban J connectivity index is 1.82. The van der Waals surface area contributed by atoms with E-state index in [0.29, 0.717) is 0 Å². The monoisotopic (exact) mass is 322 g/mol. The number of rotatable bonds is 4. The maximum Gasteiger partial charge on any atom is 0.118 e. The fourth-order valence-electron chi connectivity index (χ4n) is 2.86. The first-order valence-corrected chi connectivity index (χ1v) is 8.53. The van der Waals surface area contributed by atoms with E-state index >= 15 is 0 Å². The van der Waals surface area contributed by atoms with Crippen molar-refractivity contribution < 1.29 is 0 Å². The van der Waals surface area contributed by atoms with E-state index in [-0.39, 0.29) is 5.41 Å². The van der Waals surface area contributed by atoms with E-state index in [2.05, 4.69) is 85.8 Å². The second-order valence-electron chi connectivity index (χ2n) is 7.57. The molecule has 4 nitrogen and oxygen atoms in total. The van der Waals surface area contributed by atoms with Crippen molar-refractivity contribution in [2.45, 2.75) is 40.7 Å². The number of hydrogen-bond donors (Lipinski definition) is 1. The molecule has 0 amide bonds. The summed E-state index contributed by atoms with van der Waals surface area (Å²) in [5.41, 5.74) is 5.81. The molecule has 4 heteroatoms. The first-order chi connectivity index (χ1) is 11.4. The van der Waals surface area contributed by atoms with Gasteiger partial charge in [0.05, 0.1) is 5.52 Å². The van der Waals surface area contributed by atoms with Crippen molar-refractivity contribution in [3.63, 3.8) is 0 Å². The van der Waals surface area contributed by atoms with E-state index in [1.807, 2.05) is 4.68 Å². The van der Waals surface area contributed by atoms with Crippen LogP contribution in [0.2, 0.25) is 0 Å². The summed E-state index contributed by atoms with van der Waals surface area (Å²) < 4.78 is 2.01. The molecule has 0 saturated carbocycles. The van der Waals surface area contributed by atoms with Crippen LogP contribution in [0.3, 0.4) is 0 Å². The lowest BCUT2D eigenvalue weighted by Gasteiger charge is -2.18. The molecule has 3 rings (SSSR count). The quantitative estimate of drug-likeness (QED) is 0.891. The molecule has 0 spiro atoms. The zero-order chi connectivity index (χ0) is 17.2. The van der Waals surface area contributed by atoms with Crippen LogP contribution in [0, 0.1) is 12.3 Å². The average Bonchev–Trinajstić information content (AvgIpc) is 2.74. The Morgan fingerprint density at radius 2 is 2.04 bits per heavy atom. The lowest BCUT2D eigenvalue weighted by molar-refractivity contribution is 0.327. The molecule has 1 N–H and O–H groups in total. The van der Waals surface area contributed by atoms with Gasteiger partial charge in [-0.1, -0.05) is 56.4 Å². The largest absolute Gasteiger partial charge is 0.381 e. The number of benzene rings is 1.